The van der Waals surface area contributed by atoms with Crippen LogP contribution in [0.2, 0.25) is 0 Å². The molecule has 0 amide bonds. The molecule has 1 aliphatic rings. The first-order chi connectivity index (χ1) is 9.95. The molecule has 2 aromatic rings. The minimum atomic E-state index is -4.29. The van der Waals surface area contributed by atoms with Gasteiger partial charge in [-0.15, -0.1) is 10.2 Å². The van der Waals surface area contributed by atoms with Crippen LogP contribution in [-0.2, 0) is 19.1 Å². The number of aromatic nitrogens is 3. The Morgan fingerprint density at radius 1 is 1.19 bits per heavy atom. The monoisotopic (exact) mass is 295 g/mol. The number of benzene rings is 1. The molecule has 1 atom stereocenters. The fourth-order valence-corrected chi connectivity index (χ4v) is 2.77. The lowest BCUT2D eigenvalue weighted by molar-refractivity contribution is -0.137. The lowest BCUT2D eigenvalue weighted by Crippen LogP contribution is -2.16. The Labute approximate surface area is 120 Å². The smallest absolute Gasteiger partial charge is 0.314 e. The second kappa shape index (κ2) is 5.16. The van der Waals surface area contributed by atoms with Crippen LogP contribution in [0.25, 0.3) is 0 Å². The predicted molar refractivity (Wildman–Crippen MR) is 71.9 cm³/mol. The van der Waals surface area contributed by atoms with Gasteiger partial charge in [-0.3, -0.25) is 0 Å². The highest BCUT2D eigenvalue weighted by Gasteiger charge is 2.30. The van der Waals surface area contributed by atoms with Gasteiger partial charge in [-0.1, -0.05) is 19.1 Å². The average molecular weight is 295 g/mol. The van der Waals surface area contributed by atoms with Crippen molar-refractivity contribution in [3.05, 3.63) is 47.0 Å². The molecule has 3 nitrogen and oxygen atoms in total. The number of nitrogens with zero attached hydrogens (tertiary/aromatic N) is 3. The van der Waals surface area contributed by atoms with Crippen LogP contribution in [0.4, 0.5) is 13.2 Å². The number of hydrogen-bond acceptors (Lipinski definition) is 2. The van der Waals surface area contributed by atoms with Gasteiger partial charge in [0, 0.05) is 18.9 Å². The molecular formula is C15H16F3N3. The Kier molecular flexibility index (Phi) is 3.47. The summed E-state index contributed by atoms with van der Waals surface area (Å²) in [6.45, 7) is 3.02. The molecule has 1 unspecified atom stereocenters. The molecule has 21 heavy (non-hydrogen) atoms. The van der Waals surface area contributed by atoms with Crippen molar-refractivity contribution in [3.63, 3.8) is 0 Å². The van der Waals surface area contributed by atoms with Gasteiger partial charge in [0.2, 0.25) is 0 Å². The maximum absolute atomic E-state index is 12.5. The van der Waals surface area contributed by atoms with Crippen LogP contribution in [0.1, 0.15) is 48.5 Å². The van der Waals surface area contributed by atoms with Crippen LogP contribution in [0.3, 0.4) is 0 Å². The van der Waals surface area contributed by atoms with Gasteiger partial charge in [-0.25, -0.2) is 0 Å². The maximum atomic E-state index is 12.5. The van der Waals surface area contributed by atoms with E-state index in [2.05, 4.69) is 21.7 Å². The van der Waals surface area contributed by atoms with Crippen molar-refractivity contribution in [2.45, 2.75) is 44.8 Å². The van der Waals surface area contributed by atoms with Crippen LogP contribution >= 0.6 is 0 Å². The van der Waals surface area contributed by atoms with Gasteiger partial charge in [0.05, 0.1) is 5.56 Å². The van der Waals surface area contributed by atoms with E-state index >= 15 is 0 Å². The summed E-state index contributed by atoms with van der Waals surface area (Å²) in [5.74, 6) is 2.21. The number of fused-ring (bicyclic) bond motifs is 1. The van der Waals surface area contributed by atoms with Gasteiger partial charge in [-0.05, 0) is 30.5 Å². The van der Waals surface area contributed by atoms with E-state index in [9.17, 15) is 13.2 Å². The van der Waals surface area contributed by atoms with Crippen LogP contribution in [-0.4, -0.2) is 14.8 Å². The van der Waals surface area contributed by atoms with Crippen LogP contribution in [0.15, 0.2) is 24.3 Å². The maximum Gasteiger partial charge on any atom is 0.416 e. The van der Waals surface area contributed by atoms with E-state index in [0.717, 1.165) is 48.7 Å². The normalized spacial score (nSPS) is 18.6. The highest BCUT2D eigenvalue weighted by Crippen LogP contribution is 2.30. The molecule has 6 heteroatoms. The van der Waals surface area contributed by atoms with Crippen molar-refractivity contribution in [2.24, 2.45) is 0 Å². The average Bonchev–Trinajstić information content (AvgIpc) is 2.83. The molecule has 1 aliphatic heterocycles. The molecule has 0 saturated carbocycles. The largest absolute Gasteiger partial charge is 0.416 e. The molecule has 0 aliphatic carbocycles. The Morgan fingerprint density at radius 3 is 2.57 bits per heavy atom. The van der Waals surface area contributed by atoms with Crippen LogP contribution in [0.5, 0.6) is 0 Å². The van der Waals surface area contributed by atoms with E-state index < -0.39 is 11.7 Å². The molecule has 1 aromatic heterocycles. The van der Waals surface area contributed by atoms with Gasteiger partial charge >= 0.3 is 6.18 Å². The lowest BCUT2D eigenvalue weighted by atomic mass is 10.0. The molecule has 0 N–H and O–H groups in total. The number of halogens is 3. The van der Waals surface area contributed by atoms with E-state index in [1.54, 1.807) is 0 Å². The van der Waals surface area contributed by atoms with Crippen molar-refractivity contribution < 1.29 is 13.2 Å². The summed E-state index contributed by atoms with van der Waals surface area (Å²) in [5, 5.41) is 8.43. The number of rotatable bonds is 2. The second-order valence-electron chi connectivity index (χ2n) is 5.54. The van der Waals surface area contributed by atoms with Crippen molar-refractivity contribution in [2.75, 3.05) is 0 Å². The molecule has 3 rings (SSSR count). The van der Waals surface area contributed by atoms with E-state index in [1.165, 1.54) is 12.1 Å². The van der Waals surface area contributed by atoms with E-state index in [0.29, 0.717) is 12.3 Å². The SMILES string of the molecule is CC1CCCn2c(Cc3ccc(C(F)(F)F)cc3)nnc21. The van der Waals surface area contributed by atoms with Crippen LogP contribution < -0.4 is 0 Å². The quantitative estimate of drug-likeness (QED) is 0.844. The third-order valence-corrected chi connectivity index (χ3v) is 3.96. The molecule has 0 saturated heterocycles. The summed E-state index contributed by atoms with van der Waals surface area (Å²) in [6.07, 6.45) is -1.58. The molecule has 0 spiro atoms. The van der Waals surface area contributed by atoms with E-state index in [1.807, 2.05) is 0 Å². The van der Waals surface area contributed by atoms with Gasteiger partial charge in [0.25, 0.3) is 0 Å². The van der Waals surface area contributed by atoms with Gasteiger partial charge < -0.3 is 4.57 Å². The number of alkyl halides is 3. The first kappa shape index (κ1) is 14.1. The molecular weight excluding hydrogens is 279 g/mol. The third kappa shape index (κ3) is 2.80. The summed E-state index contributed by atoms with van der Waals surface area (Å²) in [7, 11) is 0. The van der Waals surface area contributed by atoms with Gasteiger partial charge in [-0.2, -0.15) is 13.2 Å². The standard InChI is InChI=1S/C15H16F3N3/c1-10-3-2-8-21-13(19-20-14(10)21)9-11-4-6-12(7-5-11)15(16,17)18/h4-7,10H,2-3,8-9H2,1H3. The Bertz CT molecular complexity index is 629. The summed E-state index contributed by atoms with van der Waals surface area (Å²) in [4.78, 5) is 0. The summed E-state index contributed by atoms with van der Waals surface area (Å²) in [5.41, 5.74) is 0.194. The predicted octanol–water partition coefficient (Wildman–Crippen LogP) is 3.79. The Morgan fingerprint density at radius 2 is 1.90 bits per heavy atom. The first-order valence-corrected chi connectivity index (χ1v) is 7.03. The lowest BCUT2D eigenvalue weighted by Gasteiger charge is -2.20. The molecule has 0 radical (unpaired) electrons. The summed E-state index contributed by atoms with van der Waals surface area (Å²) < 4.78 is 39.7. The van der Waals surface area contributed by atoms with Crippen LogP contribution in [0, 0.1) is 0 Å². The second-order valence-corrected chi connectivity index (χ2v) is 5.54. The summed E-state index contributed by atoms with van der Waals surface area (Å²) >= 11 is 0. The third-order valence-electron chi connectivity index (χ3n) is 3.96. The summed E-state index contributed by atoms with van der Waals surface area (Å²) in [6, 6.07) is 5.25. The minimum absolute atomic E-state index is 0.396. The van der Waals surface area contributed by atoms with Gasteiger partial charge in [0.15, 0.2) is 0 Å². The van der Waals surface area contributed by atoms with Crippen molar-refractivity contribution in [1.29, 1.82) is 0 Å². The minimum Gasteiger partial charge on any atom is -0.314 e. The van der Waals surface area contributed by atoms with Crippen molar-refractivity contribution >= 4 is 0 Å². The molecule has 1 aromatic carbocycles. The molecule has 112 valence electrons. The zero-order valence-corrected chi connectivity index (χ0v) is 11.7. The molecule has 2 heterocycles. The molecule has 0 bridgehead atoms. The van der Waals surface area contributed by atoms with E-state index in [4.69, 9.17) is 0 Å². The zero-order chi connectivity index (χ0) is 15.0. The fourth-order valence-electron chi connectivity index (χ4n) is 2.77. The Hall–Kier alpha value is -1.85. The number of hydrogen-bond donors (Lipinski definition) is 0. The highest BCUT2D eigenvalue weighted by atomic mass is 19.4. The van der Waals surface area contributed by atoms with Gasteiger partial charge in [0.1, 0.15) is 11.6 Å². The zero-order valence-electron chi connectivity index (χ0n) is 11.7. The highest BCUT2D eigenvalue weighted by molar-refractivity contribution is 5.27. The van der Waals surface area contributed by atoms with Crippen molar-refractivity contribution in [1.82, 2.24) is 14.8 Å². The topological polar surface area (TPSA) is 30.7 Å². The molecule has 0 fully saturated rings. The first-order valence-electron chi connectivity index (χ1n) is 7.03. The Balaban J connectivity index is 1.81. The fraction of sp³-hybridized carbons (Fsp3) is 0.467. The van der Waals surface area contributed by atoms with E-state index in [-0.39, 0.29) is 0 Å². The van der Waals surface area contributed by atoms with Crippen molar-refractivity contribution in [3.8, 4) is 0 Å².